The van der Waals surface area contributed by atoms with Gasteiger partial charge < -0.3 is 10.4 Å². The number of nitrogens with one attached hydrogen (secondary N) is 1. The van der Waals surface area contributed by atoms with Gasteiger partial charge in [-0.3, -0.25) is 0 Å². The summed E-state index contributed by atoms with van der Waals surface area (Å²) in [6, 6.07) is 4.31. The van der Waals surface area contributed by atoms with Crippen molar-refractivity contribution in [1.82, 2.24) is 9.62 Å². The first-order chi connectivity index (χ1) is 8.43. The smallest absolute Gasteiger partial charge is 0.243 e. The molecule has 0 unspecified atom stereocenters. The molecule has 0 spiro atoms. The average Bonchev–Trinajstić information content (AvgIpc) is 2.74. The zero-order valence-electron chi connectivity index (χ0n) is 9.88. The Morgan fingerprint density at radius 1 is 1.44 bits per heavy atom. The highest BCUT2D eigenvalue weighted by Crippen LogP contribution is 2.20. The Morgan fingerprint density at radius 2 is 2.17 bits per heavy atom. The van der Waals surface area contributed by atoms with Gasteiger partial charge in [0.25, 0.3) is 0 Å². The molecule has 0 bridgehead atoms. The van der Waals surface area contributed by atoms with E-state index in [9.17, 15) is 17.9 Å². The van der Waals surface area contributed by atoms with Crippen LogP contribution in [0.3, 0.4) is 0 Å². The summed E-state index contributed by atoms with van der Waals surface area (Å²) in [4.78, 5) is -0.107. The summed E-state index contributed by atoms with van der Waals surface area (Å²) in [5.41, 5.74) is 0. The van der Waals surface area contributed by atoms with Crippen LogP contribution >= 0.6 is 0 Å². The Labute approximate surface area is 105 Å². The van der Waals surface area contributed by atoms with Gasteiger partial charge in [-0.25, -0.2) is 12.8 Å². The summed E-state index contributed by atoms with van der Waals surface area (Å²) in [5.74, 6) is -0.602. The molecule has 1 heterocycles. The molecule has 1 aliphatic heterocycles. The predicted octanol–water partition coefficient (Wildman–Crippen LogP) is -0.221. The van der Waals surface area contributed by atoms with Gasteiger partial charge in [-0.1, -0.05) is 6.07 Å². The van der Waals surface area contributed by atoms with Crippen molar-refractivity contribution in [3.05, 3.63) is 30.1 Å². The number of aliphatic hydroxyl groups is 1. The minimum absolute atomic E-state index is 0.107. The van der Waals surface area contributed by atoms with Gasteiger partial charge in [0.15, 0.2) is 0 Å². The second-order valence-corrected chi connectivity index (χ2v) is 6.27. The van der Waals surface area contributed by atoms with Crippen LogP contribution in [0, 0.1) is 5.82 Å². The Balaban J connectivity index is 2.31. The quantitative estimate of drug-likeness (QED) is 0.799. The molecule has 1 aromatic rings. The van der Waals surface area contributed by atoms with E-state index in [2.05, 4.69) is 5.32 Å². The van der Waals surface area contributed by atoms with Crippen molar-refractivity contribution >= 4 is 10.0 Å². The number of hydrogen-bond donors (Lipinski definition) is 2. The van der Waals surface area contributed by atoms with Gasteiger partial charge in [0, 0.05) is 20.1 Å². The zero-order chi connectivity index (χ0) is 13.3. The van der Waals surface area contributed by atoms with Crippen molar-refractivity contribution in [3.63, 3.8) is 0 Å². The van der Waals surface area contributed by atoms with E-state index in [1.807, 2.05) is 0 Å². The second-order valence-electron chi connectivity index (χ2n) is 4.27. The maximum atomic E-state index is 13.1. The number of hydrogen-bond acceptors (Lipinski definition) is 4. The lowest BCUT2D eigenvalue weighted by atomic mass is 10.2. The lowest BCUT2D eigenvalue weighted by Gasteiger charge is -2.25. The van der Waals surface area contributed by atoms with E-state index in [0.29, 0.717) is 13.1 Å². The van der Waals surface area contributed by atoms with Crippen LogP contribution < -0.4 is 5.32 Å². The van der Waals surface area contributed by atoms with Gasteiger partial charge >= 0.3 is 0 Å². The third-order valence-corrected chi connectivity index (χ3v) is 4.97. The molecule has 0 saturated carbocycles. The van der Waals surface area contributed by atoms with Crippen LogP contribution in [0.25, 0.3) is 0 Å². The highest BCUT2D eigenvalue weighted by molar-refractivity contribution is 7.89. The molecule has 1 aromatic carbocycles. The number of benzene rings is 1. The molecule has 0 radical (unpaired) electrons. The zero-order valence-corrected chi connectivity index (χ0v) is 10.7. The van der Waals surface area contributed by atoms with Gasteiger partial charge in [0.1, 0.15) is 5.82 Å². The van der Waals surface area contributed by atoms with E-state index in [4.69, 9.17) is 0 Å². The van der Waals surface area contributed by atoms with Crippen LogP contribution in [0.1, 0.15) is 0 Å². The molecule has 0 aliphatic carbocycles. The standard InChI is InChI=1S/C11H15FN2O3S/c1-14(10-6-13-7-11(10)15)18(16,17)9-4-2-3-8(12)5-9/h2-5,10-11,13,15H,6-7H2,1H3/t10-,11-/m0/s1. The molecule has 18 heavy (non-hydrogen) atoms. The Bertz CT molecular complexity index is 535. The highest BCUT2D eigenvalue weighted by Gasteiger charge is 2.35. The summed E-state index contributed by atoms with van der Waals surface area (Å²) < 4.78 is 38.6. The summed E-state index contributed by atoms with van der Waals surface area (Å²) in [7, 11) is -2.39. The molecule has 0 aromatic heterocycles. The fraction of sp³-hybridized carbons (Fsp3) is 0.455. The maximum absolute atomic E-state index is 13.1. The molecule has 2 atom stereocenters. The van der Waals surface area contributed by atoms with Gasteiger partial charge in [-0.05, 0) is 18.2 Å². The van der Waals surface area contributed by atoms with Crippen molar-refractivity contribution in [2.75, 3.05) is 20.1 Å². The number of sulfonamides is 1. The van der Waals surface area contributed by atoms with Crippen LogP contribution in [0.4, 0.5) is 4.39 Å². The Hall–Kier alpha value is -1.02. The fourth-order valence-corrected chi connectivity index (χ4v) is 3.41. The number of halogens is 1. The Kier molecular flexibility index (Phi) is 3.67. The van der Waals surface area contributed by atoms with E-state index >= 15 is 0 Å². The molecule has 1 fully saturated rings. The average molecular weight is 274 g/mol. The first-order valence-corrected chi connectivity index (χ1v) is 6.99. The number of β-amino-alcohol motifs (C(OH)–C–C–N with tert-alkyl or cyclic N) is 1. The first-order valence-electron chi connectivity index (χ1n) is 5.55. The van der Waals surface area contributed by atoms with Gasteiger partial charge in [-0.2, -0.15) is 4.31 Å². The van der Waals surface area contributed by atoms with E-state index < -0.39 is 28.0 Å². The molecule has 2 N–H and O–H groups in total. The van der Waals surface area contributed by atoms with Crippen molar-refractivity contribution < 1.29 is 17.9 Å². The fourth-order valence-electron chi connectivity index (χ4n) is 1.99. The van der Waals surface area contributed by atoms with Gasteiger partial charge in [0.2, 0.25) is 10.0 Å². The number of likely N-dealkylation sites (N-methyl/N-ethyl adjacent to an activating group) is 1. The molecule has 0 amide bonds. The van der Waals surface area contributed by atoms with Crippen LogP contribution in [0.2, 0.25) is 0 Å². The number of aliphatic hydroxyl groups excluding tert-OH is 1. The van der Waals surface area contributed by atoms with Gasteiger partial charge in [-0.15, -0.1) is 0 Å². The minimum atomic E-state index is -3.78. The molecule has 1 saturated heterocycles. The molecule has 1 aliphatic rings. The van der Waals surface area contributed by atoms with Crippen LogP contribution in [-0.4, -0.2) is 50.1 Å². The topological polar surface area (TPSA) is 69.6 Å². The van der Waals surface area contributed by atoms with Crippen molar-refractivity contribution in [1.29, 1.82) is 0 Å². The van der Waals surface area contributed by atoms with Crippen LogP contribution in [-0.2, 0) is 10.0 Å². The SMILES string of the molecule is CN([C@H]1CNC[C@@H]1O)S(=O)(=O)c1cccc(F)c1. The maximum Gasteiger partial charge on any atom is 0.243 e. The van der Waals surface area contributed by atoms with Crippen molar-refractivity contribution in [3.8, 4) is 0 Å². The van der Waals surface area contributed by atoms with Crippen LogP contribution in [0.5, 0.6) is 0 Å². The lowest BCUT2D eigenvalue weighted by Crippen LogP contribution is -2.44. The predicted molar refractivity (Wildman–Crippen MR) is 64.0 cm³/mol. The molecule has 7 heteroatoms. The largest absolute Gasteiger partial charge is 0.390 e. The van der Waals surface area contributed by atoms with Gasteiger partial charge in [0.05, 0.1) is 17.0 Å². The number of nitrogens with zero attached hydrogens (tertiary/aromatic N) is 1. The van der Waals surface area contributed by atoms with Crippen LogP contribution in [0.15, 0.2) is 29.2 Å². The molecule has 2 rings (SSSR count). The van der Waals surface area contributed by atoms with E-state index in [-0.39, 0.29) is 4.90 Å². The summed E-state index contributed by atoms with van der Waals surface area (Å²) in [5, 5.41) is 12.6. The second kappa shape index (κ2) is 4.93. The summed E-state index contributed by atoms with van der Waals surface area (Å²) >= 11 is 0. The van der Waals surface area contributed by atoms with Crippen molar-refractivity contribution in [2.24, 2.45) is 0 Å². The first kappa shape index (κ1) is 13.4. The Morgan fingerprint density at radius 3 is 2.72 bits per heavy atom. The lowest BCUT2D eigenvalue weighted by molar-refractivity contribution is 0.136. The van der Waals surface area contributed by atoms with E-state index in [1.54, 1.807) is 0 Å². The molecule has 5 nitrogen and oxygen atoms in total. The minimum Gasteiger partial charge on any atom is -0.390 e. The van der Waals surface area contributed by atoms with Crippen molar-refractivity contribution in [2.45, 2.75) is 17.0 Å². The third-order valence-electron chi connectivity index (χ3n) is 3.09. The van der Waals surface area contributed by atoms with E-state index in [1.165, 1.54) is 25.2 Å². The third kappa shape index (κ3) is 2.39. The molecular formula is C11H15FN2O3S. The van der Waals surface area contributed by atoms with E-state index in [0.717, 1.165) is 10.4 Å². The molecule has 100 valence electrons. The number of rotatable bonds is 3. The highest BCUT2D eigenvalue weighted by atomic mass is 32.2. The summed E-state index contributed by atoms with van der Waals surface area (Å²) in [6.45, 7) is 0.736. The monoisotopic (exact) mass is 274 g/mol. The normalized spacial score (nSPS) is 24.7. The summed E-state index contributed by atoms with van der Waals surface area (Å²) in [6.07, 6.45) is -0.752. The molecular weight excluding hydrogens is 259 g/mol.